The van der Waals surface area contributed by atoms with Gasteiger partial charge in [-0.15, -0.1) is 11.3 Å². The molecular weight excluding hydrogens is 308 g/mol. The molecule has 2 aromatic heterocycles. The summed E-state index contributed by atoms with van der Waals surface area (Å²) in [6.07, 6.45) is 5.52. The average molecular weight is 330 g/mol. The van der Waals surface area contributed by atoms with Gasteiger partial charge >= 0.3 is 0 Å². The van der Waals surface area contributed by atoms with Gasteiger partial charge in [0.25, 0.3) is 0 Å². The Labute approximate surface area is 140 Å². The maximum absolute atomic E-state index is 12.7. The quantitative estimate of drug-likeness (QED) is 0.844. The van der Waals surface area contributed by atoms with Crippen molar-refractivity contribution in [3.05, 3.63) is 29.3 Å². The molecule has 122 valence electrons. The first-order chi connectivity index (χ1) is 10.9. The lowest BCUT2D eigenvalue weighted by Gasteiger charge is -2.30. The molecule has 1 aliphatic heterocycles. The molecule has 1 fully saturated rings. The molecule has 6 heteroatoms. The van der Waals surface area contributed by atoms with Crippen LogP contribution in [0.1, 0.15) is 51.0 Å². The van der Waals surface area contributed by atoms with E-state index < -0.39 is 0 Å². The third-order valence-corrected chi connectivity index (χ3v) is 5.08. The fraction of sp³-hybridized carbons (Fsp3) is 0.529. The van der Waals surface area contributed by atoms with E-state index in [0.29, 0.717) is 0 Å². The van der Waals surface area contributed by atoms with Gasteiger partial charge in [0.1, 0.15) is 5.69 Å². The maximum Gasteiger partial charge on any atom is 0.228 e. The molecule has 5 nitrogen and oxygen atoms in total. The first-order valence-electron chi connectivity index (χ1n) is 7.91. The van der Waals surface area contributed by atoms with E-state index in [2.05, 4.69) is 9.97 Å². The van der Waals surface area contributed by atoms with Gasteiger partial charge in [0, 0.05) is 12.0 Å². The van der Waals surface area contributed by atoms with Crippen LogP contribution in [0.2, 0.25) is 0 Å². The molecule has 0 aliphatic carbocycles. The number of carbonyl (C=O) groups excluding carboxylic acids is 1. The Morgan fingerprint density at radius 2 is 2.13 bits per heavy atom. The van der Waals surface area contributed by atoms with E-state index in [-0.39, 0.29) is 17.4 Å². The Morgan fingerprint density at radius 1 is 1.35 bits per heavy atom. The predicted octanol–water partition coefficient (Wildman–Crippen LogP) is 3.62. The van der Waals surface area contributed by atoms with Crippen molar-refractivity contribution in [3.63, 3.8) is 0 Å². The number of aryl methyl sites for hydroxylation is 1. The number of hydrogen-bond donors (Lipinski definition) is 0. The third kappa shape index (κ3) is 3.13. The van der Waals surface area contributed by atoms with Crippen molar-refractivity contribution in [3.8, 4) is 10.6 Å². The highest BCUT2D eigenvalue weighted by molar-refractivity contribution is 7.13. The highest BCUT2D eigenvalue weighted by atomic mass is 32.1. The van der Waals surface area contributed by atoms with Gasteiger partial charge in [-0.1, -0.05) is 20.8 Å². The second-order valence-corrected chi connectivity index (χ2v) is 7.86. The standard InChI is InChI=1S/C17H22N4OS/c1-11-15(23-10-19-11)13-9-18-8-12(20-13)14-6-5-7-21(14)16(22)17(2,3)4/h8-10,14H,5-7H2,1-4H3/t14-/m0/s1. The fourth-order valence-electron chi connectivity index (χ4n) is 2.95. The molecule has 1 saturated heterocycles. The zero-order valence-corrected chi connectivity index (χ0v) is 14.9. The van der Waals surface area contributed by atoms with Crippen molar-refractivity contribution in [2.75, 3.05) is 6.54 Å². The largest absolute Gasteiger partial charge is 0.334 e. The molecule has 0 saturated carbocycles. The highest BCUT2D eigenvalue weighted by Crippen LogP contribution is 2.35. The molecule has 23 heavy (non-hydrogen) atoms. The molecule has 3 rings (SSSR count). The molecule has 2 aromatic rings. The predicted molar refractivity (Wildman–Crippen MR) is 91.0 cm³/mol. The van der Waals surface area contributed by atoms with Crippen molar-refractivity contribution in [2.24, 2.45) is 5.41 Å². The zero-order chi connectivity index (χ0) is 16.6. The molecular formula is C17H22N4OS. The molecule has 0 aromatic carbocycles. The van der Waals surface area contributed by atoms with E-state index in [9.17, 15) is 4.79 Å². The van der Waals surface area contributed by atoms with Gasteiger partial charge in [-0.25, -0.2) is 9.97 Å². The summed E-state index contributed by atoms with van der Waals surface area (Å²) in [6.45, 7) is 8.67. The van der Waals surface area contributed by atoms with E-state index in [1.165, 1.54) is 0 Å². The normalized spacial score (nSPS) is 18.4. The maximum atomic E-state index is 12.7. The Kier molecular flexibility index (Phi) is 4.19. The number of carbonyl (C=O) groups is 1. The second-order valence-electron chi connectivity index (χ2n) is 7.00. The Morgan fingerprint density at radius 3 is 2.78 bits per heavy atom. The van der Waals surface area contributed by atoms with Crippen LogP contribution in [0.5, 0.6) is 0 Å². The van der Waals surface area contributed by atoms with E-state index in [1.807, 2.05) is 38.1 Å². The second kappa shape index (κ2) is 6.00. The minimum absolute atomic E-state index is 0.0300. The highest BCUT2D eigenvalue weighted by Gasteiger charge is 2.36. The number of hydrogen-bond acceptors (Lipinski definition) is 5. The van der Waals surface area contributed by atoms with Crippen LogP contribution in [0.4, 0.5) is 0 Å². The first kappa shape index (κ1) is 16.1. The summed E-state index contributed by atoms with van der Waals surface area (Å²) >= 11 is 1.57. The number of nitrogens with zero attached hydrogens (tertiary/aromatic N) is 4. The SMILES string of the molecule is Cc1ncsc1-c1cncc([C@@H]2CCCN2C(=O)C(C)(C)C)n1. The monoisotopic (exact) mass is 330 g/mol. The van der Waals surface area contributed by atoms with Crippen LogP contribution in [-0.4, -0.2) is 32.3 Å². The average Bonchev–Trinajstić information content (AvgIpc) is 3.14. The van der Waals surface area contributed by atoms with Crippen LogP contribution in [0.25, 0.3) is 10.6 Å². The van der Waals surface area contributed by atoms with Crippen molar-refractivity contribution in [1.29, 1.82) is 0 Å². The van der Waals surface area contributed by atoms with Crippen molar-refractivity contribution >= 4 is 17.2 Å². The molecule has 0 N–H and O–H groups in total. The number of likely N-dealkylation sites (tertiary alicyclic amines) is 1. The lowest BCUT2D eigenvalue weighted by molar-refractivity contribution is -0.140. The van der Waals surface area contributed by atoms with Crippen LogP contribution in [-0.2, 0) is 4.79 Å². The minimum Gasteiger partial charge on any atom is -0.334 e. The van der Waals surface area contributed by atoms with Gasteiger partial charge < -0.3 is 4.90 Å². The van der Waals surface area contributed by atoms with Gasteiger partial charge in [0.15, 0.2) is 0 Å². The lowest BCUT2D eigenvalue weighted by atomic mass is 9.94. The molecule has 0 spiro atoms. The van der Waals surface area contributed by atoms with E-state index in [0.717, 1.165) is 41.3 Å². The van der Waals surface area contributed by atoms with Crippen LogP contribution in [0.3, 0.4) is 0 Å². The number of amides is 1. The van der Waals surface area contributed by atoms with Gasteiger partial charge in [0.2, 0.25) is 5.91 Å². The summed E-state index contributed by atoms with van der Waals surface area (Å²) in [5, 5.41) is 0. The lowest BCUT2D eigenvalue weighted by Crippen LogP contribution is -2.39. The number of rotatable bonds is 2. The van der Waals surface area contributed by atoms with Crippen molar-refractivity contribution < 1.29 is 4.79 Å². The van der Waals surface area contributed by atoms with Crippen LogP contribution < -0.4 is 0 Å². The number of thiazole rings is 1. The van der Waals surface area contributed by atoms with Crippen molar-refractivity contribution in [1.82, 2.24) is 19.9 Å². The molecule has 1 aliphatic rings. The molecule has 1 atom stereocenters. The number of aromatic nitrogens is 3. The smallest absolute Gasteiger partial charge is 0.228 e. The zero-order valence-electron chi connectivity index (χ0n) is 14.0. The minimum atomic E-state index is -0.373. The summed E-state index contributed by atoms with van der Waals surface area (Å²) in [7, 11) is 0. The van der Waals surface area contributed by atoms with Crippen LogP contribution >= 0.6 is 11.3 Å². The molecule has 0 bridgehead atoms. The van der Waals surface area contributed by atoms with Gasteiger partial charge in [-0.05, 0) is 19.8 Å². The molecule has 1 amide bonds. The van der Waals surface area contributed by atoms with Crippen molar-refractivity contribution in [2.45, 2.75) is 46.6 Å². The van der Waals surface area contributed by atoms with E-state index in [4.69, 9.17) is 4.98 Å². The van der Waals surface area contributed by atoms with E-state index in [1.54, 1.807) is 23.7 Å². The summed E-state index contributed by atoms with van der Waals surface area (Å²) in [5.74, 6) is 0.182. The molecule has 0 unspecified atom stereocenters. The summed E-state index contributed by atoms with van der Waals surface area (Å²) in [4.78, 5) is 29.1. The van der Waals surface area contributed by atoms with Gasteiger partial charge in [0.05, 0.1) is 40.2 Å². The Bertz CT molecular complexity index is 719. The van der Waals surface area contributed by atoms with Gasteiger partial charge in [-0.2, -0.15) is 0 Å². The Hall–Kier alpha value is -1.82. The summed E-state index contributed by atoms with van der Waals surface area (Å²) in [5.41, 5.74) is 4.14. The fourth-order valence-corrected chi connectivity index (χ4v) is 3.71. The van der Waals surface area contributed by atoms with Crippen LogP contribution in [0.15, 0.2) is 17.9 Å². The third-order valence-electron chi connectivity index (χ3n) is 4.13. The Balaban J connectivity index is 1.92. The summed E-state index contributed by atoms with van der Waals surface area (Å²) < 4.78 is 0. The topological polar surface area (TPSA) is 59.0 Å². The molecule has 0 radical (unpaired) electrons. The first-order valence-corrected chi connectivity index (χ1v) is 8.79. The summed E-state index contributed by atoms with van der Waals surface area (Å²) in [6, 6.07) is 0.0300. The van der Waals surface area contributed by atoms with Crippen LogP contribution in [0, 0.1) is 12.3 Å². The molecule has 3 heterocycles. The van der Waals surface area contributed by atoms with E-state index >= 15 is 0 Å². The van der Waals surface area contributed by atoms with Gasteiger partial charge in [-0.3, -0.25) is 9.78 Å².